The number of likely N-dealkylation sites (tertiary alicyclic amines) is 1. The Bertz CT molecular complexity index is 1210. The number of thiophene rings is 1. The topological polar surface area (TPSA) is 50.3 Å². The molecule has 5 nitrogen and oxygen atoms in total. The van der Waals surface area contributed by atoms with E-state index in [1.807, 2.05) is 30.5 Å². The van der Waals surface area contributed by atoms with E-state index >= 15 is 0 Å². The molecule has 0 spiro atoms. The quantitative estimate of drug-likeness (QED) is 0.368. The third-order valence-electron chi connectivity index (χ3n) is 5.86. The molecule has 0 aliphatic carbocycles. The number of hydrogen-bond donors (Lipinski definition) is 1. The Morgan fingerprint density at radius 3 is 2.66 bits per heavy atom. The first-order chi connectivity index (χ1) is 15.6. The van der Waals surface area contributed by atoms with E-state index in [1.165, 1.54) is 41.6 Å². The first-order valence-electron chi connectivity index (χ1n) is 11.2. The number of nitrogens with one attached hydrogen (secondary N) is 1. The van der Waals surface area contributed by atoms with Gasteiger partial charge in [-0.15, -0.1) is 11.3 Å². The molecule has 2 aromatic carbocycles. The Morgan fingerprint density at radius 2 is 1.84 bits per heavy atom. The molecule has 4 aromatic rings. The summed E-state index contributed by atoms with van der Waals surface area (Å²) in [6.45, 7) is 8.31. The summed E-state index contributed by atoms with van der Waals surface area (Å²) in [5, 5.41) is 4.59. The van der Waals surface area contributed by atoms with Gasteiger partial charge in [0.05, 0.1) is 10.6 Å². The number of ether oxygens (including phenoxy) is 1. The number of fused-ring (bicyclic) bond motifs is 1. The molecule has 1 N–H and O–H groups in total. The predicted molar refractivity (Wildman–Crippen MR) is 133 cm³/mol. The highest BCUT2D eigenvalue weighted by Crippen LogP contribution is 2.35. The van der Waals surface area contributed by atoms with Crippen molar-refractivity contribution in [1.82, 2.24) is 14.9 Å². The van der Waals surface area contributed by atoms with E-state index in [4.69, 9.17) is 9.72 Å². The van der Waals surface area contributed by atoms with Crippen molar-refractivity contribution >= 4 is 33.1 Å². The van der Waals surface area contributed by atoms with Gasteiger partial charge in [-0.2, -0.15) is 0 Å². The van der Waals surface area contributed by atoms with Gasteiger partial charge in [0.2, 0.25) is 5.95 Å². The summed E-state index contributed by atoms with van der Waals surface area (Å²) < 4.78 is 7.18. The second-order valence-corrected chi connectivity index (χ2v) is 9.51. The van der Waals surface area contributed by atoms with Crippen LogP contribution in [0.2, 0.25) is 0 Å². The molecular weight excluding hydrogens is 416 g/mol. The first kappa shape index (κ1) is 20.9. The van der Waals surface area contributed by atoms with E-state index in [1.54, 1.807) is 11.3 Å². The summed E-state index contributed by atoms with van der Waals surface area (Å²) in [7, 11) is 0. The minimum Gasteiger partial charge on any atom is -0.492 e. The lowest BCUT2D eigenvalue weighted by atomic mass is 10.1. The summed E-state index contributed by atoms with van der Waals surface area (Å²) in [6.07, 6.45) is 4.51. The third-order valence-corrected chi connectivity index (χ3v) is 6.99. The fourth-order valence-corrected chi connectivity index (χ4v) is 5.19. The van der Waals surface area contributed by atoms with Crippen LogP contribution in [0.5, 0.6) is 5.75 Å². The smallest absolute Gasteiger partial charge is 0.227 e. The van der Waals surface area contributed by atoms with Crippen LogP contribution in [0.15, 0.2) is 54.7 Å². The molecule has 1 saturated heterocycles. The van der Waals surface area contributed by atoms with Crippen molar-refractivity contribution in [2.75, 3.05) is 31.6 Å². The molecule has 0 saturated carbocycles. The number of hydrogen-bond acceptors (Lipinski definition) is 6. The molecule has 0 radical (unpaired) electrons. The van der Waals surface area contributed by atoms with Crippen molar-refractivity contribution < 1.29 is 4.74 Å². The van der Waals surface area contributed by atoms with Gasteiger partial charge in [-0.25, -0.2) is 9.97 Å². The maximum atomic E-state index is 5.90. The predicted octanol–water partition coefficient (Wildman–Crippen LogP) is 6.19. The maximum Gasteiger partial charge on any atom is 0.227 e. The van der Waals surface area contributed by atoms with E-state index in [9.17, 15) is 0 Å². The van der Waals surface area contributed by atoms with Crippen molar-refractivity contribution in [1.29, 1.82) is 0 Å². The van der Waals surface area contributed by atoms with Gasteiger partial charge in [-0.3, -0.25) is 4.90 Å². The van der Waals surface area contributed by atoms with Gasteiger partial charge in [0.15, 0.2) is 0 Å². The second-order valence-electron chi connectivity index (χ2n) is 8.42. The monoisotopic (exact) mass is 444 g/mol. The lowest BCUT2D eigenvalue weighted by Gasteiger charge is -2.15. The van der Waals surface area contributed by atoms with E-state index < -0.39 is 0 Å². The highest BCUT2D eigenvalue weighted by atomic mass is 32.1. The van der Waals surface area contributed by atoms with Gasteiger partial charge in [-0.05, 0) is 87.1 Å². The van der Waals surface area contributed by atoms with Crippen molar-refractivity contribution in [3.05, 3.63) is 65.9 Å². The average Bonchev–Trinajstić information content (AvgIpc) is 3.46. The van der Waals surface area contributed by atoms with Crippen LogP contribution in [-0.2, 0) is 0 Å². The lowest BCUT2D eigenvalue weighted by molar-refractivity contribution is 0.238. The second kappa shape index (κ2) is 9.27. The summed E-state index contributed by atoms with van der Waals surface area (Å²) in [5.41, 5.74) is 4.26. The minimum atomic E-state index is 0.599. The third kappa shape index (κ3) is 4.76. The number of benzene rings is 2. The molecule has 164 valence electrons. The molecule has 1 aliphatic rings. The Hall–Kier alpha value is -2.96. The van der Waals surface area contributed by atoms with Crippen molar-refractivity contribution in [3.8, 4) is 16.3 Å². The zero-order valence-corrected chi connectivity index (χ0v) is 19.4. The van der Waals surface area contributed by atoms with Crippen LogP contribution in [0.1, 0.15) is 24.0 Å². The molecule has 0 unspecified atom stereocenters. The Balaban J connectivity index is 1.27. The lowest BCUT2D eigenvalue weighted by Crippen LogP contribution is -2.25. The van der Waals surface area contributed by atoms with Gasteiger partial charge in [0.1, 0.15) is 12.4 Å². The van der Waals surface area contributed by atoms with Crippen LogP contribution in [-0.4, -0.2) is 41.1 Å². The average molecular weight is 445 g/mol. The molecule has 32 heavy (non-hydrogen) atoms. The van der Waals surface area contributed by atoms with Gasteiger partial charge < -0.3 is 10.1 Å². The normalized spacial score (nSPS) is 14.2. The fourth-order valence-electron chi connectivity index (χ4n) is 4.09. The Morgan fingerprint density at radius 1 is 1.03 bits per heavy atom. The summed E-state index contributed by atoms with van der Waals surface area (Å²) in [5.74, 6) is 1.49. The number of rotatable bonds is 7. The maximum absolute atomic E-state index is 5.90. The number of anilines is 2. The highest BCUT2D eigenvalue weighted by molar-refractivity contribution is 7.22. The highest BCUT2D eigenvalue weighted by Gasteiger charge is 2.12. The van der Waals surface area contributed by atoms with Gasteiger partial charge >= 0.3 is 0 Å². The van der Waals surface area contributed by atoms with Gasteiger partial charge in [0.25, 0.3) is 0 Å². The molecule has 0 amide bonds. The van der Waals surface area contributed by atoms with Gasteiger partial charge in [-0.1, -0.05) is 17.7 Å². The van der Waals surface area contributed by atoms with Crippen LogP contribution >= 0.6 is 11.3 Å². The fraction of sp³-hybridized carbons (Fsp3) is 0.308. The standard InChI is InChI=1S/C26H28N4OS/c1-18-5-10-23-20(15-18)16-24(32-23)25-19(2)17-27-26(29-25)28-21-6-8-22(9-7-21)31-14-13-30-11-3-4-12-30/h5-10,15-17H,3-4,11-14H2,1-2H3,(H,27,28,29). The summed E-state index contributed by atoms with van der Waals surface area (Å²) in [4.78, 5) is 12.9. The molecule has 0 atom stereocenters. The number of aromatic nitrogens is 2. The van der Waals surface area contributed by atoms with Crippen molar-refractivity contribution in [2.45, 2.75) is 26.7 Å². The first-order valence-corrected chi connectivity index (χ1v) is 12.0. The molecule has 2 aromatic heterocycles. The van der Waals surface area contributed by atoms with Gasteiger partial charge in [0, 0.05) is 23.1 Å². The summed E-state index contributed by atoms with van der Waals surface area (Å²) in [6, 6.07) is 16.8. The zero-order valence-electron chi connectivity index (χ0n) is 18.6. The van der Waals surface area contributed by atoms with E-state index in [-0.39, 0.29) is 0 Å². The minimum absolute atomic E-state index is 0.599. The largest absolute Gasteiger partial charge is 0.492 e. The van der Waals surface area contributed by atoms with E-state index in [0.29, 0.717) is 5.95 Å². The zero-order chi connectivity index (χ0) is 21.9. The molecule has 0 bridgehead atoms. The van der Waals surface area contributed by atoms with Crippen LogP contribution in [0, 0.1) is 13.8 Å². The van der Waals surface area contributed by atoms with E-state index in [0.717, 1.165) is 40.7 Å². The molecule has 1 aliphatic heterocycles. The molecule has 5 rings (SSSR count). The summed E-state index contributed by atoms with van der Waals surface area (Å²) >= 11 is 1.77. The van der Waals surface area contributed by atoms with Crippen LogP contribution in [0.4, 0.5) is 11.6 Å². The van der Waals surface area contributed by atoms with E-state index in [2.05, 4.69) is 53.3 Å². The SMILES string of the molecule is Cc1ccc2sc(-c3nc(Nc4ccc(OCCN5CCCC5)cc4)ncc3C)cc2c1. The molecular formula is C26H28N4OS. The van der Waals surface area contributed by atoms with Crippen LogP contribution < -0.4 is 10.1 Å². The van der Waals surface area contributed by atoms with Crippen molar-refractivity contribution in [3.63, 3.8) is 0 Å². The molecule has 6 heteroatoms. The van der Waals surface area contributed by atoms with Crippen molar-refractivity contribution in [2.24, 2.45) is 0 Å². The number of nitrogens with zero attached hydrogens (tertiary/aromatic N) is 3. The van der Waals surface area contributed by atoms with Crippen LogP contribution in [0.25, 0.3) is 20.7 Å². The molecule has 1 fully saturated rings. The van der Waals surface area contributed by atoms with Crippen LogP contribution in [0.3, 0.4) is 0 Å². The Labute approximate surface area is 193 Å². The molecule has 3 heterocycles. The number of aryl methyl sites for hydroxylation is 2. The Kier molecular flexibility index (Phi) is 6.06.